The molecule has 0 amide bonds. The van der Waals surface area contributed by atoms with E-state index in [1.54, 1.807) is 0 Å². The van der Waals surface area contributed by atoms with E-state index < -0.39 is 0 Å². The summed E-state index contributed by atoms with van der Waals surface area (Å²) in [6.45, 7) is 16.4. The van der Waals surface area contributed by atoms with Crippen molar-refractivity contribution in [3.8, 4) is 17.2 Å². The van der Waals surface area contributed by atoms with Crippen LogP contribution >= 0.6 is 0 Å². The summed E-state index contributed by atoms with van der Waals surface area (Å²) >= 11 is 0. The van der Waals surface area contributed by atoms with Crippen molar-refractivity contribution in [1.82, 2.24) is 0 Å². The molecule has 1 aliphatic rings. The van der Waals surface area contributed by atoms with Gasteiger partial charge in [0.25, 0.3) is 5.70 Å². The molecule has 4 nitrogen and oxygen atoms in total. The van der Waals surface area contributed by atoms with Crippen LogP contribution in [0.3, 0.4) is 0 Å². The topological polar surface area (TPSA) is 37.3 Å². The van der Waals surface area contributed by atoms with Gasteiger partial charge in [0.15, 0.2) is 18.1 Å². The van der Waals surface area contributed by atoms with Gasteiger partial charge in [-0.3, -0.25) is 0 Å². The number of anilines is 3. The Balaban J connectivity index is 1.52. The molecule has 0 N–H and O–H groups in total. The number of pyridine rings is 1. The highest BCUT2D eigenvalue weighted by molar-refractivity contribution is 5.86. The third kappa shape index (κ3) is 5.09. The Morgan fingerprint density at radius 1 is 0.778 bits per heavy atom. The fraction of sp³-hybridized carbons (Fsp3) is 0.195. The van der Waals surface area contributed by atoms with E-state index in [2.05, 4.69) is 139 Å². The predicted molar refractivity (Wildman–Crippen MR) is 182 cm³/mol. The molecule has 0 bridgehead atoms. The Bertz CT molecular complexity index is 2000. The van der Waals surface area contributed by atoms with Crippen molar-refractivity contribution in [2.75, 3.05) is 4.90 Å². The molecule has 1 heterocycles. The largest absolute Gasteiger partial charge is 0.310 e. The van der Waals surface area contributed by atoms with Crippen molar-refractivity contribution in [2.45, 2.75) is 46.0 Å². The van der Waals surface area contributed by atoms with Crippen LogP contribution < -0.4 is 14.4 Å². The highest BCUT2D eigenvalue weighted by atomic mass is 15.1. The molecule has 4 heteroatoms. The Labute approximate surface area is 266 Å². The number of nitriles is 1. The molecule has 0 fully saturated rings. The molecule has 0 saturated carbocycles. The molecule has 0 unspecified atom stereocenters. The van der Waals surface area contributed by atoms with Crippen LogP contribution in [0.1, 0.15) is 57.2 Å². The number of hydrogen-bond donors (Lipinski definition) is 0. The number of benzene rings is 4. The average molecular weight is 586 g/mol. The molecule has 1 aromatic heterocycles. The number of nitrogens with zero attached hydrogens (tertiary/aromatic N) is 4. The maximum atomic E-state index is 9.33. The number of rotatable bonds is 7. The summed E-state index contributed by atoms with van der Waals surface area (Å²) in [6.07, 6.45) is 5.93. The molecule has 0 saturated heterocycles. The fourth-order valence-corrected chi connectivity index (χ4v) is 7.07. The fourth-order valence-electron chi connectivity index (χ4n) is 7.07. The molecule has 220 valence electrons. The maximum absolute atomic E-state index is 9.33. The van der Waals surface area contributed by atoms with Crippen LogP contribution in [0.4, 0.5) is 17.1 Å². The maximum Gasteiger partial charge on any atom is 0.269 e. The van der Waals surface area contributed by atoms with Crippen LogP contribution in [0.5, 0.6) is 0 Å². The Kier molecular flexibility index (Phi) is 8.08. The first kappa shape index (κ1) is 29.6. The zero-order valence-corrected chi connectivity index (χ0v) is 26.3. The van der Waals surface area contributed by atoms with Gasteiger partial charge in [-0.25, -0.2) is 10.1 Å². The second kappa shape index (κ2) is 12.3. The van der Waals surface area contributed by atoms with Crippen LogP contribution in [0.15, 0.2) is 122 Å². The third-order valence-corrected chi connectivity index (χ3v) is 9.28. The summed E-state index contributed by atoms with van der Waals surface area (Å²) in [7, 11) is 0. The zero-order valence-electron chi connectivity index (χ0n) is 26.3. The molecular weight excluding hydrogens is 548 g/mol. The first-order chi connectivity index (χ1) is 21.9. The Morgan fingerprint density at radius 2 is 1.33 bits per heavy atom. The van der Waals surface area contributed by atoms with Gasteiger partial charge in [0.05, 0.1) is 12.6 Å². The number of para-hydroxylation sites is 2. The standard InChI is InChI=1S/C41H37N4/c1-6-41(7-2)37-26-31(40(29(3)4)44-24-22-30(23-25-44)39(28-42)43-5)18-20-35(37)36-21-19-34(27-38(36)41)45(32-14-10-8-11-15-32)33-16-12-9-13-17-33/h8-27,29H,6-7H2,1-4H3/q+1. The number of aromatic nitrogens is 1. The van der Waals surface area contributed by atoms with Crippen LogP contribution in [0, 0.1) is 29.5 Å². The van der Waals surface area contributed by atoms with Gasteiger partial charge in [-0.05, 0) is 83.6 Å². The van der Waals surface area contributed by atoms with Crippen molar-refractivity contribution in [3.05, 3.63) is 161 Å². The van der Waals surface area contributed by atoms with Crippen molar-refractivity contribution >= 4 is 22.8 Å². The highest BCUT2D eigenvalue weighted by Crippen LogP contribution is 2.54. The minimum absolute atomic E-state index is 0.108. The van der Waals surface area contributed by atoms with Gasteiger partial charge in [-0.2, -0.15) is 4.24 Å². The average Bonchev–Trinajstić information content (AvgIpc) is 3.35. The summed E-state index contributed by atoms with van der Waals surface area (Å²) in [4.78, 5) is 5.72. The van der Waals surface area contributed by atoms with Crippen molar-refractivity contribution in [2.24, 2.45) is 5.92 Å². The predicted octanol–water partition coefficient (Wildman–Crippen LogP) is 9.17. The molecule has 0 atom stereocenters. The van der Waals surface area contributed by atoms with Gasteiger partial charge >= 0.3 is 0 Å². The third-order valence-electron chi connectivity index (χ3n) is 9.28. The van der Waals surface area contributed by atoms with Crippen LogP contribution in [0.2, 0.25) is 0 Å². The highest BCUT2D eigenvalue weighted by Gasteiger charge is 2.41. The van der Waals surface area contributed by atoms with E-state index in [-0.39, 0.29) is 17.0 Å². The molecule has 45 heavy (non-hydrogen) atoms. The molecule has 6 rings (SSSR count). The van der Waals surface area contributed by atoms with Gasteiger partial charge in [0.2, 0.25) is 0 Å². The van der Waals surface area contributed by atoms with E-state index >= 15 is 0 Å². The Hall–Kier alpha value is -5.45. The minimum atomic E-state index is -0.112. The summed E-state index contributed by atoms with van der Waals surface area (Å²) < 4.78 is 2.13. The first-order valence-electron chi connectivity index (χ1n) is 15.7. The zero-order chi connectivity index (χ0) is 31.6. The summed E-state index contributed by atoms with van der Waals surface area (Å²) in [6, 6.07) is 40.9. The quantitative estimate of drug-likeness (QED) is 0.141. The lowest BCUT2D eigenvalue weighted by molar-refractivity contribution is -0.525. The van der Waals surface area contributed by atoms with Gasteiger partial charge < -0.3 is 4.90 Å². The number of hydrogen-bond acceptors (Lipinski definition) is 2. The van der Waals surface area contributed by atoms with Crippen LogP contribution in [-0.4, -0.2) is 0 Å². The molecule has 4 aromatic carbocycles. The Morgan fingerprint density at radius 3 is 1.84 bits per heavy atom. The second-order valence-electron chi connectivity index (χ2n) is 11.9. The van der Waals surface area contributed by atoms with Crippen molar-refractivity contribution < 1.29 is 4.24 Å². The lowest BCUT2D eigenvalue weighted by Crippen LogP contribution is -2.28. The monoisotopic (exact) mass is 585 g/mol. The van der Waals surface area contributed by atoms with Gasteiger partial charge in [-0.15, -0.1) is 0 Å². The SMILES string of the molecule is [C-]#[N+]C(C#N)=c1cc[n+](=C(c2ccc3c(c2)C(CC)(CC)c2cc(N(c4ccccc4)c4ccccc4)ccc2-3)C(C)C)cc1. The van der Waals surface area contributed by atoms with Crippen molar-refractivity contribution in [3.63, 3.8) is 0 Å². The minimum Gasteiger partial charge on any atom is -0.310 e. The van der Waals surface area contributed by atoms with Gasteiger partial charge in [0.1, 0.15) is 0 Å². The summed E-state index contributed by atoms with van der Waals surface area (Å²) in [5, 5.41) is 9.97. The summed E-state index contributed by atoms with van der Waals surface area (Å²) in [5.41, 5.74) is 11.2. The molecule has 5 aromatic rings. The first-order valence-corrected chi connectivity index (χ1v) is 15.7. The summed E-state index contributed by atoms with van der Waals surface area (Å²) in [5.74, 6) is 0.248. The lowest BCUT2D eigenvalue weighted by Gasteiger charge is -2.32. The second-order valence-corrected chi connectivity index (χ2v) is 11.9. The van der Waals surface area contributed by atoms with Gasteiger partial charge in [-0.1, -0.05) is 76.2 Å². The number of fused-ring (bicyclic) bond motifs is 3. The molecular formula is C41H37N4+. The lowest BCUT2D eigenvalue weighted by atomic mass is 9.73. The van der Waals surface area contributed by atoms with E-state index in [4.69, 9.17) is 6.57 Å². The molecule has 0 aliphatic heterocycles. The van der Waals surface area contributed by atoms with E-state index in [9.17, 15) is 5.26 Å². The van der Waals surface area contributed by atoms with E-state index in [1.165, 1.54) is 33.5 Å². The van der Waals surface area contributed by atoms with Crippen LogP contribution in [-0.2, 0) is 5.41 Å². The smallest absolute Gasteiger partial charge is 0.269 e. The molecule has 0 radical (unpaired) electrons. The van der Waals surface area contributed by atoms with Gasteiger partial charge in [0, 0.05) is 51.3 Å². The molecule has 1 aliphatic carbocycles. The van der Waals surface area contributed by atoms with E-state index in [0.717, 1.165) is 29.9 Å². The van der Waals surface area contributed by atoms with E-state index in [0.29, 0.717) is 5.22 Å². The van der Waals surface area contributed by atoms with E-state index in [1.807, 2.05) is 30.6 Å². The van der Waals surface area contributed by atoms with Crippen molar-refractivity contribution in [1.29, 1.82) is 5.26 Å². The molecule has 0 spiro atoms. The normalized spacial score (nSPS) is 12.5. The van der Waals surface area contributed by atoms with Crippen LogP contribution in [0.25, 0.3) is 21.7 Å².